The lowest BCUT2D eigenvalue weighted by atomic mass is 10.1. The van der Waals surface area contributed by atoms with Crippen molar-refractivity contribution in [3.8, 4) is 11.5 Å². The highest BCUT2D eigenvalue weighted by Gasteiger charge is 2.34. The van der Waals surface area contributed by atoms with Crippen LogP contribution in [0.3, 0.4) is 0 Å². The molecule has 1 heterocycles. The van der Waals surface area contributed by atoms with Crippen molar-refractivity contribution in [3.63, 3.8) is 0 Å². The summed E-state index contributed by atoms with van der Waals surface area (Å²) in [6, 6.07) is 4.49. The van der Waals surface area contributed by atoms with E-state index < -0.39 is 17.8 Å². The van der Waals surface area contributed by atoms with E-state index >= 15 is 0 Å². The summed E-state index contributed by atoms with van der Waals surface area (Å²) in [5.41, 5.74) is 4.55. The largest absolute Gasteiger partial charge is 0.419 e. The Bertz CT molecular complexity index is 548. The fraction of sp³-hybridized carbons (Fsp3) is 0.273. The molecular weight excluding hydrogens is 247 g/mol. The molecule has 18 heavy (non-hydrogen) atoms. The van der Waals surface area contributed by atoms with E-state index in [9.17, 15) is 13.2 Å². The molecule has 0 radical (unpaired) electrons. The molecule has 7 heteroatoms. The standard InChI is InChI=1S/C11H10F3N3O/c1-6(15)9-16-17-10(18-9)7-4-2-3-5-8(7)11(12,13)14/h2-6H,15H2,1H3. The Hall–Kier alpha value is -1.89. The number of hydrogen-bond acceptors (Lipinski definition) is 4. The van der Waals surface area contributed by atoms with E-state index in [0.29, 0.717) is 0 Å². The Morgan fingerprint density at radius 3 is 2.44 bits per heavy atom. The van der Waals surface area contributed by atoms with E-state index in [1.54, 1.807) is 6.92 Å². The van der Waals surface area contributed by atoms with Crippen LogP contribution in [0.15, 0.2) is 28.7 Å². The van der Waals surface area contributed by atoms with Gasteiger partial charge in [-0.3, -0.25) is 0 Å². The van der Waals surface area contributed by atoms with E-state index in [1.165, 1.54) is 18.2 Å². The minimum atomic E-state index is -4.47. The number of halogens is 3. The summed E-state index contributed by atoms with van der Waals surface area (Å²) in [4.78, 5) is 0. The second-order valence-electron chi connectivity index (χ2n) is 3.78. The van der Waals surface area contributed by atoms with Gasteiger partial charge in [0.25, 0.3) is 0 Å². The van der Waals surface area contributed by atoms with E-state index in [4.69, 9.17) is 10.2 Å². The highest BCUT2D eigenvalue weighted by Crippen LogP contribution is 2.36. The molecule has 4 nitrogen and oxygen atoms in total. The van der Waals surface area contributed by atoms with Crippen molar-refractivity contribution in [2.45, 2.75) is 19.1 Å². The van der Waals surface area contributed by atoms with Gasteiger partial charge >= 0.3 is 6.18 Å². The third-order valence-electron chi connectivity index (χ3n) is 2.29. The maximum atomic E-state index is 12.8. The molecule has 0 aliphatic carbocycles. The minimum absolute atomic E-state index is 0.0991. The van der Waals surface area contributed by atoms with Gasteiger partial charge in [-0.15, -0.1) is 10.2 Å². The molecule has 96 valence electrons. The molecule has 0 aliphatic rings. The fourth-order valence-corrected chi connectivity index (χ4v) is 1.44. The van der Waals surface area contributed by atoms with Crippen LogP contribution in [-0.4, -0.2) is 10.2 Å². The molecule has 1 aromatic heterocycles. The Morgan fingerprint density at radius 2 is 1.89 bits per heavy atom. The van der Waals surface area contributed by atoms with Gasteiger partial charge in [-0.2, -0.15) is 13.2 Å². The molecule has 1 atom stereocenters. The number of nitrogens with two attached hydrogens (primary N) is 1. The molecule has 2 aromatic rings. The van der Waals surface area contributed by atoms with Crippen LogP contribution >= 0.6 is 0 Å². The van der Waals surface area contributed by atoms with Crippen molar-refractivity contribution in [3.05, 3.63) is 35.7 Å². The predicted octanol–water partition coefficient (Wildman–Crippen LogP) is 2.78. The van der Waals surface area contributed by atoms with Crippen molar-refractivity contribution >= 4 is 0 Å². The van der Waals surface area contributed by atoms with Crippen molar-refractivity contribution in [1.29, 1.82) is 0 Å². The zero-order valence-corrected chi connectivity index (χ0v) is 9.40. The number of aromatic nitrogens is 2. The molecule has 0 bridgehead atoms. The third kappa shape index (κ3) is 2.35. The molecule has 0 saturated heterocycles. The quantitative estimate of drug-likeness (QED) is 0.898. The number of hydrogen-bond donors (Lipinski definition) is 1. The van der Waals surface area contributed by atoms with Crippen LogP contribution in [-0.2, 0) is 6.18 Å². The second-order valence-corrected chi connectivity index (χ2v) is 3.78. The van der Waals surface area contributed by atoms with Crippen molar-refractivity contribution in [2.24, 2.45) is 5.73 Å². The smallest absolute Gasteiger partial charge is 0.417 e. The Kier molecular flexibility index (Phi) is 3.08. The van der Waals surface area contributed by atoms with Crippen LogP contribution < -0.4 is 5.73 Å². The maximum Gasteiger partial charge on any atom is 0.417 e. The Balaban J connectivity index is 2.50. The van der Waals surface area contributed by atoms with E-state index in [-0.39, 0.29) is 17.3 Å². The molecule has 0 saturated carbocycles. The average Bonchev–Trinajstić information content (AvgIpc) is 2.77. The first-order valence-electron chi connectivity index (χ1n) is 5.15. The van der Waals surface area contributed by atoms with Crippen LogP contribution in [0, 0.1) is 0 Å². The molecule has 2 N–H and O–H groups in total. The number of benzene rings is 1. The third-order valence-corrected chi connectivity index (χ3v) is 2.29. The molecule has 2 rings (SSSR count). The van der Waals surface area contributed by atoms with E-state index in [0.717, 1.165) is 6.07 Å². The van der Waals surface area contributed by atoms with Crippen LogP contribution in [0.5, 0.6) is 0 Å². The Labute approximate surface area is 101 Å². The summed E-state index contributed by atoms with van der Waals surface area (Å²) in [5, 5.41) is 7.19. The summed E-state index contributed by atoms with van der Waals surface area (Å²) >= 11 is 0. The lowest BCUT2D eigenvalue weighted by Gasteiger charge is -2.09. The summed E-state index contributed by atoms with van der Waals surface area (Å²) in [6.07, 6.45) is -4.47. The summed E-state index contributed by atoms with van der Waals surface area (Å²) in [7, 11) is 0. The molecule has 0 fully saturated rings. The highest BCUT2D eigenvalue weighted by molar-refractivity contribution is 5.59. The fourth-order valence-electron chi connectivity index (χ4n) is 1.44. The zero-order valence-electron chi connectivity index (χ0n) is 9.40. The topological polar surface area (TPSA) is 64.9 Å². The minimum Gasteiger partial charge on any atom is -0.419 e. The summed E-state index contributed by atoms with van der Waals surface area (Å²) in [6.45, 7) is 1.60. The van der Waals surface area contributed by atoms with Gasteiger partial charge in [0, 0.05) is 0 Å². The van der Waals surface area contributed by atoms with Gasteiger partial charge in [0.1, 0.15) is 0 Å². The first-order valence-corrected chi connectivity index (χ1v) is 5.15. The van der Waals surface area contributed by atoms with Gasteiger partial charge in [-0.25, -0.2) is 0 Å². The first-order chi connectivity index (χ1) is 8.39. The number of alkyl halides is 3. The highest BCUT2D eigenvalue weighted by atomic mass is 19.4. The SMILES string of the molecule is CC(N)c1nnc(-c2ccccc2C(F)(F)F)o1. The molecule has 0 amide bonds. The molecule has 1 unspecified atom stereocenters. The monoisotopic (exact) mass is 257 g/mol. The van der Waals surface area contributed by atoms with Crippen molar-refractivity contribution in [2.75, 3.05) is 0 Å². The number of rotatable bonds is 2. The zero-order chi connectivity index (χ0) is 13.3. The normalized spacial score (nSPS) is 13.6. The lowest BCUT2D eigenvalue weighted by Crippen LogP contribution is -2.07. The Morgan fingerprint density at radius 1 is 1.22 bits per heavy atom. The summed E-state index contributed by atoms with van der Waals surface area (Å²) < 4.78 is 43.5. The number of nitrogens with zero attached hydrogens (tertiary/aromatic N) is 2. The van der Waals surface area contributed by atoms with E-state index in [1.807, 2.05) is 0 Å². The molecular formula is C11H10F3N3O. The van der Waals surface area contributed by atoms with Crippen LogP contribution in [0.2, 0.25) is 0 Å². The van der Waals surface area contributed by atoms with Gasteiger partial charge in [0.05, 0.1) is 17.2 Å². The van der Waals surface area contributed by atoms with Gasteiger partial charge in [0.15, 0.2) is 0 Å². The average molecular weight is 257 g/mol. The van der Waals surface area contributed by atoms with Crippen LogP contribution in [0.25, 0.3) is 11.5 Å². The molecule has 0 aliphatic heterocycles. The predicted molar refractivity (Wildman–Crippen MR) is 57.3 cm³/mol. The molecule has 1 aromatic carbocycles. The van der Waals surface area contributed by atoms with Gasteiger partial charge < -0.3 is 10.2 Å². The van der Waals surface area contributed by atoms with Gasteiger partial charge in [-0.05, 0) is 19.1 Å². The van der Waals surface area contributed by atoms with Gasteiger partial charge in [-0.1, -0.05) is 12.1 Å². The maximum absolute atomic E-state index is 12.8. The van der Waals surface area contributed by atoms with Gasteiger partial charge in [0.2, 0.25) is 11.8 Å². The van der Waals surface area contributed by atoms with E-state index in [2.05, 4.69) is 10.2 Å². The second kappa shape index (κ2) is 4.41. The van der Waals surface area contributed by atoms with Crippen molar-refractivity contribution in [1.82, 2.24) is 10.2 Å². The van der Waals surface area contributed by atoms with Crippen LogP contribution in [0.4, 0.5) is 13.2 Å². The van der Waals surface area contributed by atoms with Crippen LogP contribution in [0.1, 0.15) is 24.4 Å². The summed E-state index contributed by atoms with van der Waals surface area (Å²) in [5.74, 6) is -0.0859. The molecule has 0 spiro atoms. The first kappa shape index (κ1) is 12.6. The van der Waals surface area contributed by atoms with Crippen molar-refractivity contribution < 1.29 is 17.6 Å². The lowest BCUT2D eigenvalue weighted by molar-refractivity contribution is -0.137.